The van der Waals surface area contributed by atoms with Gasteiger partial charge in [-0.2, -0.15) is 4.72 Å². The van der Waals surface area contributed by atoms with Gasteiger partial charge in [0.05, 0.1) is 0 Å². The van der Waals surface area contributed by atoms with Crippen molar-refractivity contribution in [1.82, 2.24) is 15.0 Å². The molecule has 0 aliphatic heterocycles. The predicted octanol–water partition coefficient (Wildman–Crippen LogP) is 2.15. The van der Waals surface area contributed by atoms with Gasteiger partial charge < -0.3 is 5.32 Å². The molecule has 0 spiro atoms. The first-order valence-corrected chi connectivity index (χ1v) is 9.97. The van der Waals surface area contributed by atoms with Crippen molar-refractivity contribution in [2.24, 2.45) is 5.92 Å². The number of hydrogen-bond donors (Lipinski definition) is 2. The molecule has 6 nitrogen and oxygen atoms in total. The van der Waals surface area contributed by atoms with E-state index in [0.717, 1.165) is 16.9 Å². The van der Waals surface area contributed by atoms with Gasteiger partial charge in [-0.1, -0.05) is 26.0 Å². The molecule has 130 valence electrons. The maximum atomic E-state index is 12.4. The Morgan fingerprint density at radius 3 is 2.67 bits per heavy atom. The minimum atomic E-state index is -3.69. The fourth-order valence-corrected chi connectivity index (χ4v) is 4.37. The molecule has 0 aromatic carbocycles. The zero-order valence-electron chi connectivity index (χ0n) is 13.6. The summed E-state index contributed by atoms with van der Waals surface area (Å²) in [4.78, 5) is 16.4. The molecular formula is C16H21N3O3S2. The third-order valence-corrected chi connectivity index (χ3v) is 6.14. The maximum Gasteiger partial charge on any atom is 0.250 e. The lowest BCUT2D eigenvalue weighted by molar-refractivity contribution is -0.123. The van der Waals surface area contributed by atoms with Crippen LogP contribution < -0.4 is 10.0 Å². The Labute approximate surface area is 146 Å². The summed E-state index contributed by atoms with van der Waals surface area (Å²) < 4.78 is 27.5. The van der Waals surface area contributed by atoms with Gasteiger partial charge in [-0.3, -0.25) is 9.78 Å². The Morgan fingerprint density at radius 2 is 2.08 bits per heavy atom. The molecule has 1 atom stereocenters. The van der Waals surface area contributed by atoms with Gasteiger partial charge >= 0.3 is 0 Å². The van der Waals surface area contributed by atoms with E-state index in [1.165, 1.54) is 6.07 Å². The number of rotatable bonds is 8. The molecule has 0 bridgehead atoms. The first kappa shape index (κ1) is 18.6. The Balaban J connectivity index is 2.05. The molecule has 2 heterocycles. The standard InChI is InChI=1S/C16H21N3O3S2/c1-12(2)9-14(19-24(21,22)15-6-4-8-23-15)16(20)18-11-13-5-3-7-17-10-13/h3-8,10,12,14,19H,9,11H2,1-2H3,(H,18,20)/t14-/m0/s1. The van der Waals surface area contributed by atoms with Gasteiger partial charge in [-0.25, -0.2) is 8.42 Å². The number of nitrogens with zero attached hydrogens (tertiary/aromatic N) is 1. The maximum absolute atomic E-state index is 12.4. The van der Waals surface area contributed by atoms with Crippen molar-refractivity contribution in [2.45, 2.75) is 37.1 Å². The highest BCUT2D eigenvalue weighted by Crippen LogP contribution is 2.17. The molecular weight excluding hydrogens is 346 g/mol. The normalized spacial score (nSPS) is 13.0. The van der Waals surface area contributed by atoms with Crippen LogP contribution in [0.15, 0.2) is 46.2 Å². The lowest BCUT2D eigenvalue weighted by Crippen LogP contribution is -2.47. The molecule has 0 saturated carbocycles. The van der Waals surface area contributed by atoms with Crippen LogP contribution >= 0.6 is 11.3 Å². The Hall–Kier alpha value is -1.77. The third kappa shape index (κ3) is 5.40. The van der Waals surface area contributed by atoms with Crippen LogP contribution in [0.1, 0.15) is 25.8 Å². The lowest BCUT2D eigenvalue weighted by atomic mass is 10.0. The molecule has 8 heteroatoms. The molecule has 1 amide bonds. The van der Waals surface area contributed by atoms with E-state index in [9.17, 15) is 13.2 Å². The van der Waals surface area contributed by atoms with Crippen molar-refractivity contribution in [1.29, 1.82) is 0 Å². The average molecular weight is 367 g/mol. The summed E-state index contributed by atoms with van der Waals surface area (Å²) in [5.41, 5.74) is 0.857. The van der Waals surface area contributed by atoms with Gasteiger partial charge in [-0.05, 0) is 35.4 Å². The minimum Gasteiger partial charge on any atom is -0.351 e. The second kappa shape index (κ2) is 8.36. The van der Waals surface area contributed by atoms with Crippen LogP contribution in [0.4, 0.5) is 0 Å². The highest BCUT2D eigenvalue weighted by molar-refractivity contribution is 7.91. The zero-order chi connectivity index (χ0) is 17.6. The average Bonchev–Trinajstić information content (AvgIpc) is 3.07. The quantitative estimate of drug-likeness (QED) is 0.748. The van der Waals surface area contributed by atoms with E-state index >= 15 is 0 Å². The van der Waals surface area contributed by atoms with Crippen LogP contribution in [0.25, 0.3) is 0 Å². The van der Waals surface area contributed by atoms with Crippen molar-refractivity contribution >= 4 is 27.3 Å². The molecule has 0 fully saturated rings. The van der Waals surface area contributed by atoms with E-state index in [2.05, 4.69) is 15.0 Å². The number of thiophene rings is 1. The van der Waals surface area contributed by atoms with Crippen LogP contribution in [0.2, 0.25) is 0 Å². The predicted molar refractivity (Wildman–Crippen MR) is 94.0 cm³/mol. The fraction of sp³-hybridized carbons (Fsp3) is 0.375. The number of amides is 1. The second-order valence-corrected chi connectivity index (χ2v) is 8.70. The lowest BCUT2D eigenvalue weighted by Gasteiger charge is -2.19. The summed E-state index contributed by atoms with van der Waals surface area (Å²) in [5.74, 6) is -0.169. The Kier molecular flexibility index (Phi) is 6.47. The zero-order valence-corrected chi connectivity index (χ0v) is 15.2. The van der Waals surface area contributed by atoms with Crippen molar-refractivity contribution in [3.8, 4) is 0 Å². The topological polar surface area (TPSA) is 88.2 Å². The number of carbonyl (C=O) groups excluding carboxylic acids is 1. The fourth-order valence-electron chi connectivity index (χ4n) is 2.16. The summed E-state index contributed by atoms with van der Waals surface area (Å²) in [6, 6.07) is 6.01. The highest BCUT2D eigenvalue weighted by atomic mass is 32.2. The van der Waals surface area contributed by atoms with Crippen LogP contribution in [0.3, 0.4) is 0 Å². The monoisotopic (exact) mass is 367 g/mol. The second-order valence-electron chi connectivity index (χ2n) is 5.81. The van der Waals surface area contributed by atoms with Gasteiger partial charge in [0.25, 0.3) is 10.0 Å². The third-order valence-electron chi connectivity index (χ3n) is 3.27. The molecule has 0 aliphatic carbocycles. The molecule has 2 rings (SSSR count). The minimum absolute atomic E-state index is 0.171. The van der Waals surface area contributed by atoms with Crippen molar-refractivity contribution < 1.29 is 13.2 Å². The number of hydrogen-bond acceptors (Lipinski definition) is 5. The molecule has 0 radical (unpaired) electrons. The highest BCUT2D eigenvalue weighted by Gasteiger charge is 2.26. The van der Waals surface area contributed by atoms with Gasteiger partial charge in [0, 0.05) is 18.9 Å². The number of carbonyl (C=O) groups is 1. The van der Waals surface area contributed by atoms with E-state index in [4.69, 9.17) is 0 Å². The van der Waals surface area contributed by atoms with Crippen LogP contribution in [0.5, 0.6) is 0 Å². The SMILES string of the molecule is CC(C)C[C@H](NS(=O)(=O)c1cccs1)C(=O)NCc1cccnc1. The summed E-state index contributed by atoms with van der Waals surface area (Å²) in [5, 5.41) is 4.46. The van der Waals surface area contributed by atoms with Crippen LogP contribution in [-0.4, -0.2) is 25.4 Å². The largest absolute Gasteiger partial charge is 0.351 e. The Morgan fingerprint density at radius 1 is 1.29 bits per heavy atom. The molecule has 0 unspecified atom stereocenters. The molecule has 2 N–H and O–H groups in total. The van der Waals surface area contributed by atoms with Gasteiger partial charge in [0.1, 0.15) is 10.3 Å². The molecule has 2 aromatic rings. The first-order chi connectivity index (χ1) is 11.4. The Bertz CT molecular complexity index is 744. The summed E-state index contributed by atoms with van der Waals surface area (Å²) >= 11 is 1.12. The summed E-state index contributed by atoms with van der Waals surface area (Å²) in [6.07, 6.45) is 3.74. The van der Waals surface area contributed by atoms with Gasteiger partial charge in [0.2, 0.25) is 5.91 Å². The van der Waals surface area contributed by atoms with Gasteiger partial charge in [0.15, 0.2) is 0 Å². The van der Waals surface area contributed by atoms with E-state index < -0.39 is 16.1 Å². The molecule has 2 aromatic heterocycles. The van der Waals surface area contributed by atoms with Crippen molar-refractivity contribution in [3.05, 3.63) is 47.6 Å². The van der Waals surface area contributed by atoms with Crippen LogP contribution in [0, 0.1) is 5.92 Å². The van der Waals surface area contributed by atoms with E-state index in [1.807, 2.05) is 19.9 Å². The van der Waals surface area contributed by atoms with Crippen LogP contribution in [-0.2, 0) is 21.4 Å². The smallest absolute Gasteiger partial charge is 0.250 e. The van der Waals surface area contributed by atoms with E-state index in [1.54, 1.807) is 29.9 Å². The molecule has 24 heavy (non-hydrogen) atoms. The van der Waals surface area contributed by atoms with E-state index in [-0.39, 0.29) is 16.0 Å². The number of sulfonamides is 1. The number of aromatic nitrogens is 1. The summed E-state index contributed by atoms with van der Waals surface area (Å²) in [7, 11) is -3.69. The van der Waals surface area contributed by atoms with Crippen molar-refractivity contribution in [2.75, 3.05) is 0 Å². The number of nitrogens with one attached hydrogen (secondary N) is 2. The molecule has 0 aliphatic rings. The first-order valence-electron chi connectivity index (χ1n) is 7.61. The van der Waals surface area contributed by atoms with Gasteiger partial charge in [-0.15, -0.1) is 11.3 Å². The number of pyridine rings is 1. The van der Waals surface area contributed by atoms with Crippen molar-refractivity contribution in [3.63, 3.8) is 0 Å². The van der Waals surface area contributed by atoms with E-state index in [0.29, 0.717) is 13.0 Å². The molecule has 0 saturated heterocycles. The summed E-state index contributed by atoms with van der Waals surface area (Å²) in [6.45, 7) is 4.20.